The van der Waals surface area contributed by atoms with Gasteiger partial charge in [-0.15, -0.1) is 0 Å². The third kappa shape index (κ3) is 3.06. The Bertz CT molecular complexity index is 584. The molecule has 2 rings (SSSR count). The number of aliphatic hydroxyl groups is 1. The maximum Gasteiger partial charge on any atom is 0.166 e. The summed E-state index contributed by atoms with van der Waals surface area (Å²) in [4.78, 5) is 0. The molecule has 2 aromatic rings. The smallest absolute Gasteiger partial charge is 0.166 e. The van der Waals surface area contributed by atoms with Crippen molar-refractivity contribution in [3.05, 3.63) is 58.6 Å². The van der Waals surface area contributed by atoms with Crippen LogP contribution in [0.3, 0.4) is 0 Å². The Morgan fingerprint density at radius 2 is 1.80 bits per heavy atom. The number of benzene rings is 2. The zero-order valence-electron chi connectivity index (χ0n) is 11.5. The fourth-order valence-corrected chi connectivity index (χ4v) is 2.37. The summed E-state index contributed by atoms with van der Waals surface area (Å²) in [6.07, 6.45) is -0.289. The molecule has 0 aliphatic rings. The van der Waals surface area contributed by atoms with Gasteiger partial charge >= 0.3 is 0 Å². The summed E-state index contributed by atoms with van der Waals surface area (Å²) < 4.78 is 10.6. The lowest BCUT2D eigenvalue weighted by Gasteiger charge is -2.17. The molecule has 1 atom stereocenters. The van der Waals surface area contributed by atoms with Crippen molar-refractivity contribution in [2.75, 3.05) is 14.2 Å². The highest BCUT2D eigenvalue weighted by molar-refractivity contribution is 6.31. The lowest BCUT2D eigenvalue weighted by Crippen LogP contribution is -2.05. The molecule has 0 saturated heterocycles. The molecule has 0 bridgehead atoms. The van der Waals surface area contributed by atoms with Crippen LogP contribution in [-0.2, 0) is 6.42 Å². The average Bonchev–Trinajstić information content (AvgIpc) is 2.48. The molecule has 2 aromatic carbocycles. The highest BCUT2D eigenvalue weighted by atomic mass is 35.5. The van der Waals surface area contributed by atoms with E-state index in [9.17, 15) is 5.11 Å². The molecule has 0 amide bonds. The quantitative estimate of drug-likeness (QED) is 0.914. The van der Waals surface area contributed by atoms with Crippen LogP contribution in [0.2, 0.25) is 5.02 Å². The molecule has 4 heteroatoms. The molecule has 0 radical (unpaired) electrons. The van der Waals surface area contributed by atoms with E-state index in [1.807, 2.05) is 36.4 Å². The minimum atomic E-state index is -0.708. The molecule has 20 heavy (non-hydrogen) atoms. The van der Waals surface area contributed by atoms with Gasteiger partial charge in [0.15, 0.2) is 11.5 Å². The third-order valence-electron chi connectivity index (χ3n) is 3.16. The van der Waals surface area contributed by atoms with E-state index in [-0.39, 0.29) is 0 Å². The summed E-state index contributed by atoms with van der Waals surface area (Å²) in [5.74, 6) is 1.15. The zero-order valence-corrected chi connectivity index (χ0v) is 12.2. The van der Waals surface area contributed by atoms with Gasteiger partial charge in [-0.25, -0.2) is 0 Å². The zero-order chi connectivity index (χ0) is 14.5. The van der Waals surface area contributed by atoms with Crippen molar-refractivity contribution in [2.24, 2.45) is 0 Å². The molecule has 106 valence electrons. The lowest BCUT2D eigenvalue weighted by atomic mass is 10.00. The van der Waals surface area contributed by atoms with Crippen molar-refractivity contribution in [1.29, 1.82) is 0 Å². The van der Waals surface area contributed by atoms with E-state index in [0.29, 0.717) is 28.5 Å². The van der Waals surface area contributed by atoms with Crippen molar-refractivity contribution in [1.82, 2.24) is 0 Å². The van der Waals surface area contributed by atoms with Crippen molar-refractivity contribution in [2.45, 2.75) is 12.5 Å². The Morgan fingerprint density at radius 1 is 1.05 bits per heavy atom. The molecule has 3 nitrogen and oxygen atoms in total. The van der Waals surface area contributed by atoms with E-state index in [1.165, 1.54) is 0 Å². The van der Waals surface area contributed by atoms with Crippen molar-refractivity contribution >= 4 is 11.6 Å². The van der Waals surface area contributed by atoms with Gasteiger partial charge in [0.05, 0.1) is 20.3 Å². The van der Waals surface area contributed by atoms with Gasteiger partial charge < -0.3 is 14.6 Å². The van der Waals surface area contributed by atoms with Crippen LogP contribution in [0.4, 0.5) is 0 Å². The van der Waals surface area contributed by atoms with Gasteiger partial charge in [-0.3, -0.25) is 0 Å². The topological polar surface area (TPSA) is 38.7 Å². The third-order valence-corrected chi connectivity index (χ3v) is 3.53. The average molecular weight is 293 g/mol. The van der Waals surface area contributed by atoms with Crippen LogP contribution in [0.25, 0.3) is 0 Å². The number of aliphatic hydroxyl groups excluding tert-OH is 1. The summed E-state index contributed by atoms with van der Waals surface area (Å²) in [7, 11) is 3.13. The van der Waals surface area contributed by atoms with Crippen LogP contribution in [0, 0.1) is 0 Å². The van der Waals surface area contributed by atoms with Gasteiger partial charge in [0.1, 0.15) is 0 Å². The molecule has 1 N–H and O–H groups in total. The summed E-state index contributed by atoms with van der Waals surface area (Å²) in [5, 5.41) is 11.1. The number of hydrogen-bond donors (Lipinski definition) is 1. The van der Waals surface area contributed by atoms with E-state index in [1.54, 1.807) is 20.3 Å². The SMILES string of the molecule is COc1cccc(C(O)Cc2ccccc2Cl)c1OC. The van der Waals surface area contributed by atoms with E-state index in [4.69, 9.17) is 21.1 Å². The molecule has 0 aliphatic heterocycles. The second-order valence-electron chi connectivity index (χ2n) is 4.39. The Morgan fingerprint density at radius 3 is 2.45 bits per heavy atom. The second-order valence-corrected chi connectivity index (χ2v) is 4.80. The van der Waals surface area contributed by atoms with E-state index in [0.717, 1.165) is 5.56 Å². The summed E-state index contributed by atoms with van der Waals surface area (Å²) in [5.41, 5.74) is 1.58. The number of methoxy groups -OCH3 is 2. The first-order chi connectivity index (χ1) is 9.67. The normalized spacial score (nSPS) is 12.0. The van der Waals surface area contributed by atoms with Crippen LogP contribution in [0.15, 0.2) is 42.5 Å². The van der Waals surface area contributed by atoms with Crippen molar-refractivity contribution in [3.8, 4) is 11.5 Å². The lowest BCUT2D eigenvalue weighted by molar-refractivity contribution is 0.173. The molecular formula is C16H17ClO3. The Kier molecular flexibility index (Phi) is 4.88. The standard InChI is InChI=1S/C16H17ClO3/c1-19-15-9-5-7-12(16(15)20-2)14(18)10-11-6-3-4-8-13(11)17/h3-9,14,18H,10H2,1-2H3. The molecule has 0 aliphatic carbocycles. The Hall–Kier alpha value is -1.71. The molecule has 0 spiro atoms. The molecule has 1 unspecified atom stereocenters. The summed E-state index contributed by atoms with van der Waals surface area (Å²) >= 11 is 6.12. The Labute approximate surface area is 123 Å². The first-order valence-electron chi connectivity index (χ1n) is 6.29. The largest absolute Gasteiger partial charge is 0.493 e. The number of para-hydroxylation sites is 1. The van der Waals surface area contributed by atoms with Crippen LogP contribution < -0.4 is 9.47 Å². The van der Waals surface area contributed by atoms with Crippen LogP contribution in [-0.4, -0.2) is 19.3 Å². The molecule has 0 saturated carbocycles. The van der Waals surface area contributed by atoms with E-state index >= 15 is 0 Å². The molecule has 0 aromatic heterocycles. The maximum atomic E-state index is 10.4. The van der Waals surface area contributed by atoms with Gasteiger partial charge in [0.2, 0.25) is 0 Å². The van der Waals surface area contributed by atoms with Crippen LogP contribution in [0.5, 0.6) is 11.5 Å². The maximum absolute atomic E-state index is 10.4. The molecule has 0 heterocycles. The van der Waals surface area contributed by atoms with Gasteiger partial charge in [0.25, 0.3) is 0 Å². The van der Waals surface area contributed by atoms with E-state index < -0.39 is 6.10 Å². The highest BCUT2D eigenvalue weighted by Gasteiger charge is 2.18. The predicted octanol–water partition coefficient (Wildman–Crippen LogP) is 3.63. The van der Waals surface area contributed by atoms with Gasteiger partial charge in [-0.05, 0) is 17.7 Å². The predicted molar refractivity (Wildman–Crippen MR) is 79.7 cm³/mol. The van der Waals surface area contributed by atoms with Crippen LogP contribution >= 0.6 is 11.6 Å². The summed E-state index contributed by atoms with van der Waals surface area (Å²) in [6, 6.07) is 12.9. The van der Waals surface area contributed by atoms with Gasteiger partial charge in [-0.1, -0.05) is 41.9 Å². The second kappa shape index (κ2) is 6.64. The minimum absolute atomic E-state index is 0.420. The molecule has 0 fully saturated rings. The van der Waals surface area contributed by atoms with Gasteiger partial charge in [-0.2, -0.15) is 0 Å². The monoisotopic (exact) mass is 292 g/mol. The van der Waals surface area contributed by atoms with Crippen molar-refractivity contribution < 1.29 is 14.6 Å². The minimum Gasteiger partial charge on any atom is -0.493 e. The fourth-order valence-electron chi connectivity index (χ4n) is 2.16. The first-order valence-corrected chi connectivity index (χ1v) is 6.67. The number of ether oxygens (including phenoxy) is 2. The molecular weight excluding hydrogens is 276 g/mol. The van der Waals surface area contributed by atoms with Crippen molar-refractivity contribution in [3.63, 3.8) is 0 Å². The Balaban J connectivity index is 2.30. The van der Waals surface area contributed by atoms with Gasteiger partial charge in [0, 0.05) is 17.0 Å². The highest BCUT2D eigenvalue weighted by Crippen LogP contribution is 2.36. The fraction of sp³-hybridized carbons (Fsp3) is 0.250. The number of hydrogen-bond acceptors (Lipinski definition) is 3. The summed E-state index contributed by atoms with van der Waals surface area (Å²) in [6.45, 7) is 0. The number of rotatable bonds is 5. The van der Waals surface area contributed by atoms with Crippen LogP contribution in [0.1, 0.15) is 17.2 Å². The first kappa shape index (κ1) is 14.7. The number of halogens is 1. The van der Waals surface area contributed by atoms with E-state index in [2.05, 4.69) is 0 Å².